The summed E-state index contributed by atoms with van der Waals surface area (Å²) in [6.07, 6.45) is 3.92. The maximum Gasteiger partial charge on any atom is 0.303 e. The summed E-state index contributed by atoms with van der Waals surface area (Å²) in [5.41, 5.74) is 0. The lowest BCUT2D eigenvalue weighted by atomic mass is 10.2. The molecule has 0 aliphatic rings. The third-order valence-corrected chi connectivity index (χ3v) is 2.98. The molecule has 1 atom stereocenters. The third-order valence-electron chi connectivity index (χ3n) is 2.98. The highest BCUT2D eigenvalue weighted by Crippen LogP contribution is 2.12. The highest BCUT2D eigenvalue weighted by Gasteiger charge is 2.24. The molecular formula is C13H21N3O3. The quantitative estimate of drug-likeness (QED) is 0.813. The van der Waals surface area contributed by atoms with E-state index in [1.54, 1.807) is 35.0 Å². The molecule has 6 heteroatoms. The van der Waals surface area contributed by atoms with E-state index in [0.717, 1.165) is 0 Å². The number of hydrogen-bond acceptors (Lipinski definition) is 3. The molecule has 0 spiro atoms. The molecule has 19 heavy (non-hydrogen) atoms. The van der Waals surface area contributed by atoms with Gasteiger partial charge in [-0.2, -0.15) is 5.10 Å². The fourth-order valence-corrected chi connectivity index (χ4v) is 1.89. The first kappa shape index (κ1) is 15.2. The first-order chi connectivity index (χ1) is 8.93. The van der Waals surface area contributed by atoms with Crippen LogP contribution in [-0.4, -0.2) is 44.3 Å². The van der Waals surface area contributed by atoms with Crippen LogP contribution in [-0.2, 0) is 9.59 Å². The second kappa shape index (κ2) is 6.92. The first-order valence-electron chi connectivity index (χ1n) is 6.45. The largest absolute Gasteiger partial charge is 0.481 e. The molecule has 1 aromatic rings. The number of carbonyl (C=O) groups excluding carboxylic acids is 1. The Morgan fingerprint density at radius 3 is 2.53 bits per heavy atom. The molecule has 0 aliphatic carbocycles. The minimum absolute atomic E-state index is 0.0379. The van der Waals surface area contributed by atoms with Crippen molar-refractivity contribution in [3.05, 3.63) is 18.5 Å². The number of amides is 1. The Balaban J connectivity index is 2.65. The number of aliphatic carboxylic acids is 1. The predicted molar refractivity (Wildman–Crippen MR) is 70.7 cm³/mol. The molecule has 1 unspecified atom stereocenters. The SMILES string of the molecule is CC(C)N(CCCC(=O)O)C(=O)C(C)n1cccn1. The molecule has 0 bridgehead atoms. The van der Waals surface area contributed by atoms with Gasteiger partial charge in [-0.05, 0) is 33.3 Å². The highest BCUT2D eigenvalue weighted by atomic mass is 16.4. The van der Waals surface area contributed by atoms with Gasteiger partial charge in [0.25, 0.3) is 0 Å². The Bertz CT molecular complexity index is 415. The van der Waals surface area contributed by atoms with E-state index in [1.807, 2.05) is 13.8 Å². The molecule has 0 radical (unpaired) electrons. The van der Waals surface area contributed by atoms with Crippen LogP contribution in [0.2, 0.25) is 0 Å². The number of carboxylic acid groups (broad SMARTS) is 1. The van der Waals surface area contributed by atoms with Crippen LogP contribution in [0.5, 0.6) is 0 Å². The first-order valence-corrected chi connectivity index (χ1v) is 6.45. The lowest BCUT2D eigenvalue weighted by Gasteiger charge is -2.29. The number of nitrogens with zero attached hydrogens (tertiary/aromatic N) is 3. The van der Waals surface area contributed by atoms with Crippen LogP contribution in [0, 0.1) is 0 Å². The van der Waals surface area contributed by atoms with Gasteiger partial charge in [0.2, 0.25) is 5.91 Å². The van der Waals surface area contributed by atoms with E-state index in [-0.39, 0.29) is 24.4 Å². The Kier molecular flexibility index (Phi) is 5.54. The van der Waals surface area contributed by atoms with Gasteiger partial charge in [-0.15, -0.1) is 0 Å². The number of rotatable bonds is 7. The number of hydrogen-bond donors (Lipinski definition) is 1. The van der Waals surface area contributed by atoms with Gasteiger partial charge >= 0.3 is 5.97 Å². The van der Waals surface area contributed by atoms with Crippen molar-refractivity contribution in [2.75, 3.05) is 6.54 Å². The Morgan fingerprint density at radius 1 is 1.37 bits per heavy atom. The maximum atomic E-state index is 12.4. The van der Waals surface area contributed by atoms with Gasteiger partial charge in [-0.25, -0.2) is 0 Å². The van der Waals surface area contributed by atoms with E-state index in [2.05, 4.69) is 5.10 Å². The average molecular weight is 267 g/mol. The van der Waals surface area contributed by atoms with E-state index < -0.39 is 5.97 Å². The number of carbonyl (C=O) groups is 2. The Labute approximate surface area is 113 Å². The zero-order valence-electron chi connectivity index (χ0n) is 11.6. The van der Waals surface area contributed by atoms with Gasteiger partial charge in [0.1, 0.15) is 6.04 Å². The number of aromatic nitrogens is 2. The van der Waals surface area contributed by atoms with Crippen LogP contribution in [0.1, 0.15) is 39.7 Å². The molecule has 1 heterocycles. The third kappa shape index (κ3) is 4.39. The molecular weight excluding hydrogens is 246 g/mol. The molecule has 1 aromatic heterocycles. The summed E-state index contributed by atoms with van der Waals surface area (Å²) in [5, 5.41) is 12.7. The lowest BCUT2D eigenvalue weighted by molar-refractivity contribution is -0.139. The van der Waals surface area contributed by atoms with Crippen LogP contribution in [0.4, 0.5) is 0 Å². The topological polar surface area (TPSA) is 75.4 Å². The molecule has 0 aliphatic heterocycles. The summed E-state index contributed by atoms with van der Waals surface area (Å²) < 4.78 is 1.61. The van der Waals surface area contributed by atoms with Gasteiger partial charge in [-0.3, -0.25) is 14.3 Å². The van der Waals surface area contributed by atoms with Gasteiger partial charge < -0.3 is 10.0 Å². The summed E-state index contributed by atoms with van der Waals surface area (Å²) in [4.78, 5) is 24.6. The minimum atomic E-state index is -0.837. The van der Waals surface area contributed by atoms with Crippen LogP contribution in [0.25, 0.3) is 0 Å². The minimum Gasteiger partial charge on any atom is -0.481 e. The van der Waals surface area contributed by atoms with Crippen molar-refractivity contribution in [3.8, 4) is 0 Å². The molecule has 1 rings (SSSR count). The monoisotopic (exact) mass is 267 g/mol. The van der Waals surface area contributed by atoms with E-state index in [4.69, 9.17) is 5.11 Å². The van der Waals surface area contributed by atoms with Crippen LogP contribution >= 0.6 is 0 Å². The van der Waals surface area contributed by atoms with E-state index in [9.17, 15) is 9.59 Å². The Morgan fingerprint density at radius 2 is 2.05 bits per heavy atom. The van der Waals surface area contributed by atoms with Gasteiger partial charge in [0, 0.05) is 31.4 Å². The molecule has 1 N–H and O–H groups in total. The lowest BCUT2D eigenvalue weighted by Crippen LogP contribution is -2.41. The second-order valence-corrected chi connectivity index (χ2v) is 4.78. The van der Waals surface area contributed by atoms with Crippen LogP contribution in [0.3, 0.4) is 0 Å². The maximum absolute atomic E-state index is 12.4. The van der Waals surface area contributed by atoms with Crippen molar-refractivity contribution >= 4 is 11.9 Å². The fourth-order valence-electron chi connectivity index (χ4n) is 1.89. The average Bonchev–Trinajstić information content (AvgIpc) is 2.85. The molecule has 6 nitrogen and oxygen atoms in total. The van der Waals surface area contributed by atoms with E-state index in [0.29, 0.717) is 13.0 Å². The molecule has 1 amide bonds. The van der Waals surface area contributed by atoms with Crippen LogP contribution in [0.15, 0.2) is 18.5 Å². The normalized spacial score (nSPS) is 12.4. The standard InChI is InChI=1S/C13H21N3O3/c1-10(2)15(8-4-6-12(17)18)13(19)11(3)16-9-5-7-14-16/h5,7,9-11H,4,6,8H2,1-3H3,(H,17,18). The van der Waals surface area contributed by atoms with Crippen molar-refractivity contribution in [1.29, 1.82) is 0 Å². The summed E-state index contributed by atoms with van der Waals surface area (Å²) in [5.74, 6) is -0.875. The van der Waals surface area contributed by atoms with Crippen LogP contribution < -0.4 is 0 Å². The smallest absolute Gasteiger partial charge is 0.303 e. The molecule has 0 fully saturated rings. The fraction of sp³-hybridized carbons (Fsp3) is 0.615. The van der Waals surface area contributed by atoms with Gasteiger partial charge in [-0.1, -0.05) is 0 Å². The van der Waals surface area contributed by atoms with Gasteiger partial charge in [0.05, 0.1) is 0 Å². The van der Waals surface area contributed by atoms with Gasteiger partial charge in [0.15, 0.2) is 0 Å². The predicted octanol–water partition coefficient (Wildman–Crippen LogP) is 1.55. The van der Waals surface area contributed by atoms with Crippen molar-refractivity contribution in [2.24, 2.45) is 0 Å². The second-order valence-electron chi connectivity index (χ2n) is 4.78. The van der Waals surface area contributed by atoms with Crippen molar-refractivity contribution in [2.45, 2.75) is 45.7 Å². The van der Waals surface area contributed by atoms with Crippen molar-refractivity contribution < 1.29 is 14.7 Å². The van der Waals surface area contributed by atoms with Crippen molar-refractivity contribution in [3.63, 3.8) is 0 Å². The zero-order chi connectivity index (χ0) is 14.4. The molecule has 0 aromatic carbocycles. The Hall–Kier alpha value is -1.85. The number of carboxylic acids is 1. The van der Waals surface area contributed by atoms with E-state index >= 15 is 0 Å². The zero-order valence-corrected chi connectivity index (χ0v) is 11.6. The molecule has 106 valence electrons. The molecule has 0 saturated heterocycles. The summed E-state index contributed by atoms with van der Waals surface area (Å²) in [6.45, 7) is 6.10. The van der Waals surface area contributed by atoms with Crippen molar-refractivity contribution in [1.82, 2.24) is 14.7 Å². The summed E-state index contributed by atoms with van der Waals surface area (Å²) >= 11 is 0. The van der Waals surface area contributed by atoms with E-state index in [1.165, 1.54) is 0 Å². The summed E-state index contributed by atoms with van der Waals surface area (Å²) in [7, 11) is 0. The molecule has 0 saturated carbocycles. The summed E-state index contributed by atoms with van der Waals surface area (Å²) in [6, 6.07) is 1.44. The highest BCUT2D eigenvalue weighted by molar-refractivity contribution is 5.80.